The second-order valence-corrected chi connectivity index (χ2v) is 9.08. The van der Waals surface area contributed by atoms with Gasteiger partial charge in [0.25, 0.3) is 0 Å². The number of halogens is 2. The Labute approximate surface area is 208 Å². The van der Waals surface area contributed by atoms with Crippen LogP contribution >= 0.6 is 23.2 Å². The molecular formula is C27H24Cl2O5. The summed E-state index contributed by atoms with van der Waals surface area (Å²) >= 11 is 12.3. The van der Waals surface area contributed by atoms with E-state index in [0.29, 0.717) is 52.8 Å². The van der Waals surface area contributed by atoms with E-state index >= 15 is 0 Å². The van der Waals surface area contributed by atoms with Crippen molar-refractivity contribution in [3.63, 3.8) is 0 Å². The number of unbranched alkanes of at least 4 members (excludes halogenated alkanes) is 1. The normalized spacial score (nSPS) is 14.7. The molecule has 4 rings (SSSR count). The van der Waals surface area contributed by atoms with E-state index in [-0.39, 0.29) is 5.78 Å². The zero-order valence-electron chi connectivity index (χ0n) is 18.4. The summed E-state index contributed by atoms with van der Waals surface area (Å²) in [6.07, 6.45) is 3.52. The van der Waals surface area contributed by atoms with Crippen LogP contribution in [0.5, 0.6) is 17.2 Å². The minimum absolute atomic E-state index is 0.0857. The number of carboxylic acids is 1. The molecule has 0 aliphatic carbocycles. The van der Waals surface area contributed by atoms with Gasteiger partial charge in [-0.3, -0.25) is 9.59 Å². The molecule has 0 radical (unpaired) electrons. The van der Waals surface area contributed by atoms with E-state index in [4.69, 9.17) is 32.7 Å². The first kappa shape index (κ1) is 24.1. The number of aliphatic carboxylic acids is 1. The van der Waals surface area contributed by atoms with E-state index in [1.165, 1.54) is 5.56 Å². The van der Waals surface area contributed by atoms with Gasteiger partial charge in [-0.05, 0) is 73.7 Å². The SMILES string of the molecule is O=C(CCCCc1ccc(Cl)cc1)c1ccc(Oc2cc3c(cc2Cl)C(C(=O)O)CCO3)cc1. The lowest BCUT2D eigenvalue weighted by atomic mass is 9.93. The van der Waals surface area contributed by atoms with Crippen LogP contribution < -0.4 is 9.47 Å². The number of ether oxygens (including phenoxy) is 2. The molecule has 0 amide bonds. The van der Waals surface area contributed by atoms with Gasteiger partial charge >= 0.3 is 5.97 Å². The molecule has 1 aliphatic rings. The fraction of sp³-hybridized carbons (Fsp3) is 0.259. The van der Waals surface area contributed by atoms with E-state index in [1.54, 1.807) is 36.4 Å². The molecule has 0 spiro atoms. The first-order chi connectivity index (χ1) is 16.4. The number of carbonyl (C=O) groups excluding carboxylic acids is 1. The number of rotatable bonds is 9. The molecule has 1 unspecified atom stereocenters. The highest BCUT2D eigenvalue weighted by molar-refractivity contribution is 6.32. The Bertz CT molecular complexity index is 1170. The van der Waals surface area contributed by atoms with Crippen molar-refractivity contribution in [2.24, 2.45) is 0 Å². The molecule has 1 heterocycles. The summed E-state index contributed by atoms with van der Waals surface area (Å²) in [5.74, 6) is -0.114. The van der Waals surface area contributed by atoms with E-state index in [0.717, 1.165) is 24.3 Å². The summed E-state index contributed by atoms with van der Waals surface area (Å²) in [7, 11) is 0. The Kier molecular flexibility index (Phi) is 7.76. The lowest BCUT2D eigenvalue weighted by Crippen LogP contribution is -2.20. The molecule has 3 aromatic rings. The van der Waals surface area contributed by atoms with Crippen molar-refractivity contribution >= 4 is 35.0 Å². The number of benzene rings is 3. The van der Waals surface area contributed by atoms with Gasteiger partial charge in [0.2, 0.25) is 0 Å². The van der Waals surface area contributed by atoms with Crippen molar-refractivity contribution in [3.05, 3.63) is 87.4 Å². The number of Topliss-reactive ketones (excluding diaryl/α,β-unsaturated/α-hetero) is 1. The van der Waals surface area contributed by atoms with Crippen molar-refractivity contribution in [2.45, 2.75) is 38.0 Å². The minimum atomic E-state index is -0.903. The Morgan fingerprint density at radius 2 is 1.74 bits per heavy atom. The van der Waals surface area contributed by atoms with Crippen molar-refractivity contribution in [3.8, 4) is 17.2 Å². The fourth-order valence-corrected chi connectivity index (χ4v) is 4.31. The average Bonchev–Trinajstić information content (AvgIpc) is 2.83. The Morgan fingerprint density at radius 1 is 1.00 bits per heavy atom. The molecule has 3 aromatic carbocycles. The second kappa shape index (κ2) is 10.9. The van der Waals surface area contributed by atoms with Gasteiger partial charge in [0, 0.05) is 28.6 Å². The maximum Gasteiger partial charge on any atom is 0.311 e. The number of ketones is 1. The third kappa shape index (κ3) is 5.91. The molecule has 0 fully saturated rings. The summed E-state index contributed by atoms with van der Waals surface area (Å²) in [5.41, 5.74) is 2.39. The van der Waals surface area contributed by atoms with E-state index < -0.39 is 11.9 Å². The lowest BCUT2D eigenvalue weighted by Gasteiger charge is -2.24. The third-order valence-electron chi connectivity index (χ3n) is 5.84. The maximum absolute atomic E-state index is 12.5. The number of aryl methyl sites for hydroxylation is 1. The molecule has 7 heteroatoms. The predicted molar refractivity (Wildman–Crippen MR) is 132 cm³/mol. The van der Waals surface area contributed by atoms with Gasteiger partial charge in [-0.15, -0.1) is 0 Å². The van der Waals surface area contributed by atoms with E-state index in [2.05, 4.69) is 0 Å². The molecule has 176 valence electrons. The van der Waals surface area contributed by atoms with Crippen LogP contribution in [0.4, 0.5) is 0 Å². The quantitative estimate of drug-likeness (QED) is 0.247. The fourth-order valence-electron chi connectivity index (χ4n) is 3.97. The summed E-state index contributed by atoms with van der Waals surface area (Å²) in [6.45, 7) is 0.321. The number of hydrogen-bond donors (Lipinski definition) is 1. The summed E-state index contributed by atoms with van der Waals surface area (Å²) in [4.78, 5) is 24.0. The monoisotopic (exact) mass is 498 g/mol. The topological polar surface area (TPSA) is 72.8 Å². The van der Waals surface area contributed by atoms with Gasteiger partial charge in [0.15, 0.2) is 5.78 Å². The van der Waals surface area contributed by atoms with E-state index in [1.807, 2.05) is 24.3 Å². The molecule has 0 saturated carbocycles. The Balaban J connectivity index is 1.33. The first-order valence-electron chi connectivity index (χ1n) is 11.2. The molecule has 0 aromatic heterocycles. The highest BCUT2D eigenvalue weighted by Gasteiger charge is 2.29. The van der Waals surface area contributed by atoms with Crippen LogP contribution in [-0.2, 0) is 11.2 Å². The molecule has 34 heavy (non-hydrogen) atoms. The average molecular weight is 499 g/mol. The van der Waals surface area contributed by atoms with Gasteiger partial charge in [-0.25, -0.2) is 0 Å². The van der Waals surface area contributed by atoms with Gasteiger partial charge in [-0.2, -0.15) is 0 Å². The Hall–Kier alpha value is -3.02. The van der Waals surface area contributed by atoms with Crippen LogP contribution in [0.3, 0.4) is 0 Å². The van der Waals surface area contributed by atoms with Crippen LogP contribution in [0.25, 0.3) is 0 Å². The zero-order valence-corrected chi connectivity index (χ0v) is 19.9. The minimum Gasteiger partial charge on any atom is -0.493 e. The second-order valence-electron chi connectivity index (χ2n) is 8.23. The zero-order chi connectivity index (χ0) is 24.1. The van der Waals surface area contributed by atoms with Gasteiger partial charge in [-0.1, -0.05) is 35.3 Å². The van der Waals surface area contributed by atoms with Gasteiger partial charge in [0.1, 0.15) is 17.2 Å². The number of fused-ring (bicyclic) bond motifs is 1. The molecule has 1 atom stereocenters. The largest absolute Gasteiger partial charge is 0.493 e. The summed E-state index contributed by atoms with van der Waals surface area (Å²) in [5, 5.41) is 10.4. The molecule has 5 nitrogen and oxygen atoms in total. The van der Waals surface area contributed by atoms with Crippen LogP contribution in [0, 0.1) is 0 Å². The van der Waals surface area contributed by atoms with Gasteiger partial charge < -0.3 is 14.6 Å². The lowest BCUT2D eigenvalue weighted by molar-refractivity contribution is -0.139. The van der Waals surface area contributed by atoms with Gasteiger partial charge in [0.05, 0.1) is 17.5 Å². The van der Waals surface area contributed by atoms with Crippen molar-refractivity contribution < 1.29 is 24.2 Å². The van der Waals surface area contributed by atoms with E-state index in [9.17, 15) is 14.7 Å². The molecular weight excluding hydrogens is 475 g/mol. The summed E-state index contributed by atoms with van der Waals surface area (Å²) < 4.78 is 11.5. The highest BCUT2D eigenvalue weighted by Crippen LogP contribution is 2.41. The Morgan fingerprint density at radius 3 is 2.44 bits per heavy atom. The summed E-state index contributed by atoms with van der Waals surface area (Å²) in [6, 6.07) is 17.9. The van der Waals surface area contributed by atoms with Crippen LogP contribution in [-0.4, -0.2) is 23.5 Å². The number of carboxylic acid groups (broad SMARTS) is 1. The molecule has 1 N–H and O–H groups in total. The number of carbonyl (C=O) groups is 2. The van der Waals surface area contributed by atoms with Crippen molar-refractivity contribution in [2.75, 3.05) is 6.61 Å². The predicted octanol–water partition coefficient (Wildman–Crippen LogP) is 7.33. The van der Waals surface area contributed by atoms with Crippen LogP contribution in [0.2, 0.25) is 10.0 Å². The molecule has 0 bridgehead atoms. The van der Waals surface area contributed by atoms with Crippen LogP contribution in [0.15, 0.2) is 60.7 Å². The third-order valence-corrected chi connectivity index (χ3v) is 6.39. The number of hydrogen-bond acceptors (Lipinski definition) is 4. The van der Waals surface area contributed by atoms with Crippen molar-refractivity contribution in [1.29, 1.82) is 0 Å². The van der Waals surface area contributed by atoms with Crippen molar-refractivity contribution in [1.82, 2.24) is 0 Å². The molecule has 0 saturated heterocycles. The van der Waals surface area contributed by atoms with Crippen LogP contribution in [0.1, 0.15) is 53.1 Å². The molecule has 1 aliphatic heterocycles. The standard InChI is InChI=1S/C27H24Cl2O5/c28-19-9-5-17(6-10-19)3-1-2-4-24(30)18-7-11-20(12-8-18)34-26-16-25-22(15-23(26)29)21(27(31)32)13-14-33-25/h5-12,15-16,21H,1-4,13-14H2,(H,31,32). The first-order valence-corrected chi connectivity index (χ1v) is 11.9. The maximum atomic E-state index is 12.5. The smallest absolute Gasteiger partial charge is 0.311 e. The highest BCUT2D eigenvalue weighted by atomic mass is 35.5.